The standard InChI is InChI=1S/C21H30O7/c1-5-6-7-8-14(22)27-21-11-19-13(2)9-10-20(19,25)17(3,18(21,4)24)12-26-16(28-21)15(19)23/h5-8,13,15-16,23-25H,9-12H2,1-4H3/b6-5+,8-7+/t13-,15+,16?,17+,18-,19-,20+,21-/m1/s1. The van der Waals surface area contributed by atoms with Crippen molar-refractivity contribution in [3.8, 4) is 0 Å². The average molecular weight is 394 g/mol. The van der Waals surface area contributed by atoms with Crippen molar-refractivity contribution in [3.63, 3.8) is 0 Å². The van der Waals surface area contributed by atoms with Gasteiger partial charge in [0.1, 0.15) is 11.7 Å². The Morgan fingerprint density at radius 2 is 1.96 bits per heavy atom. The van der Waals surface area contributed by atoms with Crippen LogP contribution in [0.25, 0.3) is 0 Å². The summed E-state index contributed by atoms with van der Waals surface area (Å²) in [6.07, 6.45) is 5.22. The van der Waals surface area contributed by atoms with Crippen molar-refractivity contribution in [3.05, 3.63) is 24.3 Å². The third-order valence-corrected chi connectivity index (χ3v) is 8.27. The van der Waals surface area contributed by atoms with Gasteiger partial charge in [-0.15, -0.1) is 0 Å². The highest BCUT2D eigenvalue weighted by Crippen LogP contribution is 2.74. The van der Waals surface area contributed by atoms with Crippen LogP contribution in [-0.2, 0) is 19.0 Å². The van der Waals surface area contributed by atoms with Gasteiger partial charge in [0.25, 0.3) is 0 Å². The first-order chi connectivity index (χ1) is 13.0. The predicted molar refractivity (Wildman–Crippen MR) is 98.7 cm³/mol. The van der Waals surface area contributed by atoms with E-state index in [9.17, 15) is 20.1 Å². The third kappa shape index (κ3) is 1.99. The fraction of sp³-hybridized carbons (Fsp3) is 0.762. The van der Waals surface area contributed by atoms with Crippen LogP contribution in [0.3, 0.4) is 0 Å². The van der Waals surface area contributed by atoms with Crippen molar-refractivity contribution >= 4 is 5.97 Å². The fourth-order valence-electron chi connectivity index (χ4n) is 6.34. The van der Waals surface area contributed by atoms with Gasteiger partial charge in [-0.05, 0) is 32.6 Å². The van der Waals surface area contributed by atoms with Crippen LogP contribution in [0.2, 0.25) is 0 Å². The molecule has 5 rings (SSSR count). The molecule has 3 saturated heterocycles. The van der Waals surface area contributed by atoms with E-state index in [0.717, 1.165) is 0 Å². The molecule has 3 aliphatic heterocycles. The molecule has 28 heavy (non-hydrogen) atoms. The van der Waals surface area contributed by atoms with Crippen molar-refractivity contribution in [1.82, 2.24) is 0 Å². The number of hydrogen-bond donors (Lipinski definition) is 3. The Bertz CT molecular complexity index is 745. The summed E-state index contributed by atoms with van der Waals surface area (Å²) in [5.74, 6) is -2.46. The molecule has 2 saturated carbocycles. The van der Waals surface area contributed by atoms with Crippen LogP contribution in [0.15, 0.2) is 24.3 Å². The number of allylic oxidation sites excluding steroid dienone is 3. The molecule has 7 nitrogen and oxygen atoms in total. The first-order valence-electron chi connectivity index (χ1n) is 9.96. The van der Waals surface area contributed by atoms with E-state index >= 15 is 0 Å². The molecule has 4 bridgehead atoms. The summed E-state index contributed by atoms with van der Waals surface area (Å²) in [7, 11) is 0. The zero-order valence-electron chi connectivity index (χ0n) is 16.8. The number of aliphatic hydroxyl groups is 3. The lowest BCUT2D eigenvalue weighted by atomic mass is 9.43. The number of fused-ring (bicyclic) bond motifs is 1. The molecule has 7 heteroatoms. The lowest BCUT2D eigenvalue weighted by Crippen LogP contribution is -2.83. The van der Waals surface area contributed by atoms with E-state index < -0.39 is 46.2 Å². The van der Waals surface area contributed by atoms with Gasteiger partial charge >= 0.3 is 5.97 Å². The molecule has 0 aromatic heterocycles. The van der Waals surface area contributed by atoms with E-state index in [1.165, 1.54) is 13.0 Å². The maximum Gasteiger partial charge on any atom is 0.333 e. The minimum atomic E-state index is -1.73. The quantitative estimate of drug-likeness (QED) is 0.378. The Balaban J connectivity index is 1.87. The highest BCUT2D eigenvalue weighted by molar-refractivity contribution is 5.82. The monoisotopic (exact) mass is 394 g/mol. The van der Waals surface area contributed by atoms with Crippen LogP contribution in [0.5, 0.6) is 0 Å². The van der Waals surface area contributed by atoms with Crippen LogP contribution in [0.1, 0.15) is 47.0 Å². The molecule has 1 spiro atoms. The highest BCUT2D eigenvalue weighted by Gasteiger charge is 2.86. The summed E-state index contributed by atoms with van der Waals surface area (Å²) in [5, 5.41) is 34.8. The van der Waals surface area contributed by atoms with E-state index in [0.29, 0.717) is 12.8 Å². The summed E-state index contributed by atoms with van der Waals surface area (Å²) < 4.78 is 17.6. The maximum atomic E-state index is 12.5. The van der Waals surface area contributed by atoms with Crippen LogP contribution in [-0.4, -0.2) is 57.3 Å². The first kappa shape index (κ1) is 20.0. The fourth-order valence-corrected chi connectivity index (χ4v) is 6.34. The topological polar surface area (TPSA) is 105 Å². The number of carbonyl (C=O) groups is 1. The number of hydrogen-bond acceptors (Lipinski definition) is 7. The normalized spacial score (nSPS) is 55.0. The van der Waals surface area contributed by atoms with Crippen molar-refractivity contribution in [1.29, 1.82) is 0 Å². The minimum Gasteiger partial charge on any atom is -0.427 e. The van der Waals surface area contributed by atoms with Crippen LogP contribution < -0.4 is 0 Å². The largest absolute Gasteiger partial charge is 0.427 e. The zero-order valence-corrected chi connectivity index (χ0v) is 16.8. The number of rotatable bonds is 3. The van der Waals surface area contributed by atoms with Gasteiger partial charge < -0.3 is 29.5 Å². The second kappa shape index (κ2) is 5.89. The number of esters is 1. The summed E-state index contributed by atoms with van der Waals surface area (Å²) in [6, 6.07) is 0. The summed E-state index contributed by atoms with van der Waals surface area (Å²) >= 11 is 0. The van der Waals surface area contributed by atoms with E-state index in [1.54, 1.807) is 25.2 Å². The molecule has 8 atom stereocenters. The van der Waals surface area contributed by atoms with Gasteiger partial charge in [0, 0.05) is 17.9 Å². The molecule has 156 valence electrons. The number of aliphatic hydroxyl groups excluding tert-OH is 1. The van der Waals surface area contributed by atoms with Gasteiger partial charge in [-0.25, -0.2) is 4.79 Å². The van der Waals surface area contributed by atoms with E-state index in [1.807, 2.05) is 13.8 Å². The third-order valence-electron chi connectivity index (χ3n) is 8.27. The molecule has 0 aromatic rings. The van der Waals surface area contributed by atoms with Crippen molar-refractivity contribution < 1.29 is 34.3 Å². The van der Waals surface area contributed by atoms with Crippen LogP contribution >= 0.6 is 0 Å². The number of ether oxygens (including phenoxy) is 3. The lowest BCUT2D eigenvalue weighted by Gasteiger charge is -2.69. The van der Waals surface area contributed by atoms with Gasteiger partial charge in [0.05, 0.1) is 17.6 Å². The molecule has 5 fully saturated rings. The molecule has 1 unspecified atom stereocenters. The van der Waals surface area contributed by atoms with Crippen molar-refractivity contribution in [2.24, 2.45) is 16.7 Å². The SMILES string of the molecule is C/C=C/C=C/C(=O)O[C@]12C[C@]34[C@H](C)CC[C@]3(O)[C@@](C)(COC(O1)[C@@H]4O)[C@@]2(C)O. The molecule has 5 aliphatic rings. The Morgan fingerprint density at radius 3 is 2.64 bits per heavy atom. The van der Waals surface area contributed by atoms with Gasteiger partial charge in [-0.1, -0.05) is 32.1 Å². The van der Waals surface area contributed by atoms with Crippen LogP contribution in [0.4, 0.5) is 0 Å². The summed E-state index contributed by atoms with van der Waals surface area (Å²) in [6.45, 7) is 7.06. The summed E-state index contributed by atoms with van der Waals surface area (Å²) in [4.78, 5) is 12.5. The Kier molecular flexibility index (Phi) is 4.22. The maximum absolute atomic E-state index is 12.5. The summed E-state index contributed by atoms with van der Waals surface area (Å²) in [5.41, 5.74) is -5.32. The van der Waals surface area contributed by atoms with Gasteiger partial charge in [-0.2, -0.15) is 0 Å². The Hall–Kier alpha value is -1.25. The van der Waals surface area contributed by atoms with E-state index in [-0.39, 0.29) is 18.9 Å². The molecule has 0 radical (unpaired) electrons. The second-order valence-electron chi connectivity index (χ2n) is 9.22. The molecular weight excluding hydrogens is 364 g/mol. The lowest BCUT2D eigenvalue weighted by molar-refractivity contribution is -0.446. The predicted octanol–water partition coefficient (Wildman–Crippen LogP) is 1.41. The zero-order chi connectivity index (χ0) is 20.6. The minimum absolute atomic E-state index is 0.00444. The smallest absolute Gasteiger partial charge is 0.333 e. The highest BCUT2D eigenvalue weighted by atomic mass is 16.8. The van der Waals surface area contributed by atoms with Gasteiger partial charge in [0.15, 0.2) is 6.29 Å². The molecule has 3 N–H and O–H groups in total. The average Bonchev–Trinajstić information content (AvgIpc) is 2.83. The Morgan fingerprint density at radius 1 is 1.25 bits per heavy atom. The van der Waals surface area contributed by atoms with Gasteiger partial charge in [0.2, 0.25) is 5.79 Å². The molecule has 3 heterocycles. The second-order valence-corrected chi connectivity index (χ2v) is 9.22. The molecule has 2 aliphatic carbocycles. The molecular formula is C21H30O7. The van der Waals surface area contributed by atoms with Crippen LogP contribution in [0, 0.1) is 16.7 Å². The van der Waals surface area contributed by atoms with Gasteiger partial charge in [-0.3, -0.25) is 0 Å². The number of carbonyl (C=O) groups excluding carboxylic acids is 1. The van der Waals surface area contributed by atoms with Crippen molar-refractivity contribution in [2.45, 2.75) is 76.3 Å². The van der Waals surface area contributed by atoms with Crippen molar-refractivity contribution in [2.75, 3.05) is 6.61 Å². The molecule has 0 amide bonds. The van der Waals surface area contributed by atoms with E-state index in [2.05, 4.69) is 0 Å². The van der Waals surface area contributed by atoms with E-state index in [4.69, 9.17) is 14.2 Å². The first-order valence-corrected chi connectivity index (χ1v) is 9.96. The Labute approximate surface area is 165 Å². The molecule has 0 aromatic carbocycles.